The number of amides is 2. The molecule has 1 heterocycles. The van der Waals surface area contributed by atoms with Crippen molar-refractivity contribution in [3.05, 3.63) is 35.6 Å². The monoisotopic (exact) mass is 348 g/mol. The van der Waals surface area contributed by atoms with Gasteiger partial charge >= 0.3 is 5.97 Å². The van der Waals surface area contributed by atoms with Crippen LogP contribution < -0.4 is 5.32 Å². The van der Waals surface area contributed by atoms with Crippen molar-refractivity contribution in [2.45, 2.75) is 31.7 Å². The molecule has 1 saturated heterocycles. The first-order valence-corrected chi connectivity index (χ1v) is 8.54. The van der Waals surface area contributed by atoms with Gasteiger partial charge in [-0.2, -0.15) is 0 Å². The average Bonchev–Trinajstić information content (AvgIpc) is 2.53. The summed E-state index contributed by atoms with van der Waals surface area (Å²) in [6.45, 7) is 0.871. The second-order valence-corrected chi connectivity index (χ2v) is 6.68. The van der Waals surface area contributed by atoms with Gasteiger partial charge in [0.1, 0.15) is 5.82 Å². The fourth-order valence-corrected chi connectivity index (χ4v) is 3.45. The Balaban J connectivity index is 1.51. The van der Waals surface area contributed by atoms with Crippen LogP contribution in [-0.4, -0.2) is 46.9 Å². The zero-order valence-electron chi connectivity index (χ0n) is 13.8. The molecule has 25 heavy (non-hydrogen) atoms. The minimum Gasteiger partial charge on any atom is -0.481 e. The highest BCUT2D eigenvalue weighted by atomic mass is 19.1. The number of hydrogen-bond donors (Lipinski definition) is 2. The molecule has 2 fully saturated rings. The topological polar surface area (TPSA) is 86.7 Å². The van der Waals surface area contributed by atoms with E-state index in [-0.39, 0.29) is 23.4 Å². The van der Waals surface area contributed by atoms with Crippen molar-refractivity contribution in [1.29, 1.82) is 0 Å². The molecule has 7 heteroatoms. The molecule has 0 bridgehead atoms. The van der Waals surface area contributed by atoms with Gasteiger partial charge in [0.15, 0.2) is 0 Å². The number of carboxylic acids is 1. The molecular weight excluding hydrogens is 327 g/mol. The Bertz CT molecular complexity index is 685. The van der Waals surface area contributed by atoms with Crippen molar-refractivity contribution in [1.82, 2.24) is 10.2 Å². The lowest BCUT2D eigenvalue weighted by Crippen LogP contribution is -2.51. The number of piperidine rings is 1. The van der Waals surface area contributed by atoms with Gasteiger partial charge < -0.3 is 15.3 Å². The van der Waals surface area contributed by atoms with E-state index in [1.165, 1.54) is 12.1 Å². The summed E-state index contributed by atoms with van der Waals surface area (Å²) in [5.41, 5.74) is 0.0590. The van der Waals surface area contributed by atoms with Crippen LogP contribution in [-0.2, 0) is 9.59 Å². The van der Waals surface area contributed by atoms with Crippen LogP contribution in [0.3, 0.4) is 0 Å². The lowest BCUT2D eigenvalue weighted by atomic mass is 9.73. The van der Waals surface area contributed by atoms with Crippen LogP contribution in [0.4, 0.5) is 4.39 Å². The zero-order chi connectivity index (χ0) is 18.0. The van der Waals surface area contributed by atoms with E-state index < -0.39 is 23.6 Å². The molecule has 1 aromatic rings. The highest BCUT2D eigenvalue weighted by Gasteiger charge is 2.42. The number of nitrogens with zero attached hydrogens (tertiary/aromatic N) is 1. The van der Waals surface area contributed by atoms with Crippen molar-refractivity contribution >= 4 is 17.8 Å². The number of halogens is 1. The summed E-state index contributed by atoms with van der Waals surface area (Å²) in [7, 11) is 0. The van der Waals surface area contributed by atoms with Crippen LogP contribution in [0.5, 0.6) is 0 Å². The Kier molecular flexibility index (Phi) is 5.01. The molecule has 2 atom stereocenters. The fourth-order valence-electron chi connectivity index (χ4n) is 3.45. The number of likely N-dealkylation sites (tertiary alicyclic amines) is 1. The number of nitrogens with one attached hydrogen (secondary N) is 1. The van der Waals surface area contributed by atoms with Gasteiger partial charge in [-0.1, -0.05) is 12.1 Å². The van der Waals surface area contributed by atoms with Crippen LogP contribution in [0, 0.1) is 17.7 Å². The van der Waals surface area contributed by atoms with Gasteiger partial charge in [-0.05, 0) is 37.8 Å². The van der Waals surface area contributed by atoms with E-state index in [4.69, 9.17) is 5.11 Å². The molecule has 2 N–H and O–H groups in total. The van der Waals surface area contributed by atoms with Crippen LogP contribution in [0.25, 0.3) is 0 Å². The van der Waals surface area contributed by atoms with E-state index in [9.17, 15) is 18.8 Å². The first-order chi connectivity index (χ1) is 12.0. The molecule has 0 spiro atoms. The zero-order valence-corrected chi connectivity index (χ0v) is 13.8. The number of hydrogen-bond acceptors (Lipinski definition) is 3. The van der Waals surface area contributed by atoms with Crippen molar-refractivity contribution < 1.29 is 23.9 Å². The quantitative estimate of drug-likeness (QED) is 0.866. The largest absolute Gasteiger partial charge is 0.481 e. The highest BCUT2D eigenvalue weighted by molar-refractivity contribution is 5.94. The van der Waals surface area contributed by atoms with Gasteiger partial charge in [0.2, 0.25) is 5.91 Å². The second kappa shape index (κ2) is 7.21. The number of carbonyl (C=O) groups is 3. The number of carbonyl (C=O) groups excluding carboxylic acids is 2. The van der Waals surface area contributed by atoms with Crippen LogP contribution in [0.15, 0.2) is 24.3 Å². The van der Waals surface area contributed by atoms with Crippen molar-refractivity contribution in [2.24, 2.45) is 11.8 Å². The minimum absolute atomic E-state index is 0.0590. The maximum atomic E-state index is 13.7. The Labute approximate surface area is 145 Å². The smallest absolute Gasteiger partial charge is 0.307 e. The molecular formula is C18H21FN2O4. The lowest BCUT2D eigenvalue weighted by molar-refractivity contribution is -0.153. The summed E-state index contributed by atoms with van der Waals surface area (Å²) >= 11 is 0. The Morgan fingerprint density at radius 1 is 1.04 bits per heavy atom. The second-order valence-electron chi connectivity index (χ2n) is 6.68. The molecule has 1 aliphatic carbocycles. The van der Waals surface area contributed by atoms with E-state index in [1.54, 1.807) is 17.0 Å². The van der Waals surface area contributed by atoms with Crippen LogP contribution in [0.2, 0.25) is 0 Å². The predicted octanol–water partition coefficient (Wildman–Crippen LogP) is 1.66. The Morgan fingerprint density at radius 3 is 2.24 bits per heavy atom. The number of rotatable bonds is 4. The molecule has 0 aromatic heterocycles. The number of aliphatic carboxylic acids is 1. The molecule has 3 rings (SSSR count). The third-order valence-electron chi connectivity index (χ3n) is 5.16. The van der Waals surface area contributed by atoms with E-state index in [2.05, 4.69) is 5.32 Å². The van der Waals surface area contributed by atoms with E-state index in [1.807, 2.05) is 0 Å². The summed E-state index contributed by atoms with van der Waals surface area (Å²) in [5.74, 6) is -3.03. The third kappa shape index (κ3) is 3.65. The summed E-state index contributed by atoms with van der Waals surface area (Å²) in [6, 6.07) is 5.82. The molecule has 0 radical (unpaired) electrons. The summed E-state index contributed by atoms with van der Waals surface area (Å²) < 4.78 is 13.7. The normalized spacial score (nSPS) is 23.6. The molecule has 1 aromatic carbocycles. The van der Waals surface area contributed by atoms with Gasteiger partial charge in [-0.15, -0.1) is 0 Å². The standard InChI is InChI=1S/C18H21FN2O4/c19-15-4-2-1-3-14(15)17(23)21-9-7-11(8-10-21)20-16(22)12-5-6-13(12)18(24)25/h1-4,11-13H,5-10H2,(H,20,22)(H,24,25). The first kappa shape index (κ1) is 17.4. The highest BCUT2D eigenvalue weighted by Crippen LogP contribution is 2.34. The van der Waals surface area contributed by atoms with Gasteiger partial charge in [-0.25, -0.2) is 4.39 Å². The first-order valence-electron chi connectivity index (χ1n) is 8.54. The molecule has 2 unspecified atom stereocenters. The van der Waals surface area contributed by atoms with Gasteiger partial charge in [0.05, 0.1) is 17.4 Å². The average molecular weight is 348 g/mol. The maximum absolute atomic E-state index is 13.7. The van der Waals surface area contributed by atoms with Gasteiger partial charge in [0.25, 0.3) is 5.91 Å². The molecule has 1 saturated carbocycles. The molecule has 1 aliphatic heterocycles. The summed E-state index contributed by atoms with van der Waals surface area (Å²) in [4.78, 5) is 37.2. The van der Waals surface area contributed by atoms with Gasteiger partial charge in [0, 0.05) is 19.1 Å². The van der Waals surface area contributed by atoms with Crippen LogP contribution >= 0.6 is 0 Å². The van der Waals surface area contributed by atoms with Gasteiger partial charge in [-0.3, -0.25) is 14.4 Å². The molecule has 6 nitrogen and oxygen atoms in total. The Morgan fingerprint density at radius 2 is 1.68 bits per heavy atom. The third-order valence-corrected chi connectivity index (χ3v) is 5.16. The summed E-state index contributed by atoms with van der Waals surface area (Å²) in [6.07, 6.45) is 2.31. The minimum atomic E-state index is -0.920. The van der Waals surface area contributed by atoms with E-state index >= 15 is 0 Å². The maximum Gasteiger partial charge on any atom is 0.307 e. The van der Waals surface area contributed by atoms with E-state index in [0.717, 1.165) is 0 Å². The number of benzene rings is 1. The number of carboxylic acid groups (broad SMARTS) is 1. The van der Waals surface area contributed by atoms with Crippen LogP contribution in [0.1, 0.15) is 36.0 Å². The molecule has 2 aliphatic rings. The van der Waals surface area contributed by atoms with E-state index in [0.29, 0.717) is 38.8 Å². The van der Waals surface area contributed by atoms with Crippen molar-refractivity contribution in [3.63, 3.8) is 0 Å². The SMILES string of the molecule is O=C(O)C1CCC1C(=O)NC1CCN(C(=O)c2ccccc2F)CC1. The fraction of sp³-hybridized carbons (Fsp3) is 0.500. The summed E-state index contributed by atoms with van der Waals surface area (Å²) in [5, 5.41) is 11.9. The Hall–Kier alpha value is -2.44. The van der Waals surface area contributed by atoms with Crippen molar-refractivity contribution in [2.75, 3.05) is 13.1 Å². The predicted molar refractivity (Wildman–Crippen MR) is 87.3 cm³/mol. The lowest BCUT2D eigenvalue weighted by Gasteiger charge is -2.36. The van der Waals surface area contributed by atoms with Crippen molar-refractivity contribution in [3.8, 4) is 0 Å². The molecule has 2 amide bonds. The molecule has 134 valence electrons.